The SMILES string of the molecule is COc1ccc(CC(=O)C(C#N)c2nc3ccccc3o2)cc1F. The van der Waals surface area contributed by atoms with E-state index in [2.05, 4.69) is 4.98 Å². The number of Topliss-reactive ketones (excluding diaryl/α,β-unsaturated/α-hetero) is 1. The molecule has 3 rings (SSSR count). The maximum Gasteiger partial charge on any atom is 0.220 e. The van der Waals surface area contributed by atoms with E-state index >= 15 is 0 Å². The summed E-state index contributed by atoms with van der Waals surface area (Å²) in [6, 6.07) is 13.2. The van der Waals surface area contributed by atoms with Gasteiger partial charge in [-0.2, -0.15) is 5.26 Å². The Labute approximate surface area is 137 Å². The van der Waals surface area contributed by atoms with Crippen LogP contribution in [0.2, 0.25) is 0 Å². The highest BCUT2D eigenvalue weighted by Crippen LogP contribution is 2.24. The lowest BCUT2D eigenvalue weighted by Crippen LogP contribution is -2.14. The predicted molar refractivity (Wildman–Crippen MR) is 84.0 cm³/mol. The number of aromatic nitrogens is 1. The molecule has 1 unspecified atom stereocenters. The first kappa shape index (κ1) is 15.7. The van der Waals surface area contributed by atoms with Crippen molar-refractivity contribution in [2.45, 2.75) is 12.3 Å². The van der Waals surface area contributed by atoms with Crippen LogP contribution in [0.4, 0.5) is 4.39 Å². The van der Waals surface area contributed by atoms with E-state index < -0.39 is 17.5 Å². The molecule has 0 saturated heterocycles. The molecule has 2 aromatic carbocycles. The first-order valence-electron chi connectivity index (χ1n) is 7.22. The zero-order valence-electron chi connectivity index (χ0n) is 12.8. The summed E-state index contributed by atoms with van der Waals surface area (Å²) < 4.78 is 24.0. The lowest BCUT2D eigenvalue weighted by molar-refractivity contribution is -0.119. The molecule has 0 bridgehead atoms. The number of carbonyl (C=O) groups is 1. The first-order chi connectivity index (χ1) is 11.6. The normalized spacial score (nSPS) is 11.9. The van der Waals surface area contributed by atoms with Crippen molar-refractivity contribution in [1.82, 2.24) is 4.98 Å². The van der Waals surface area contributed by atoms with E-state index in [9.17, 15) is 14.4 Å². The number of benzene rings is 2. The van der Waals surface area contributed by atoms with Crippen molar-refractivity contribution in [2.75, 3.05) is 7.11 Å². The van der Waals surface area contributed by atoms with Crippen LogP contribution in [0.15, 0.2) is 46.9 Å². The van der Waals surface area contributed by atoms with Gasteiger partial charge in [-0.25, -0.2) is 9.37 Å². The molecule has 0 aliphatic carbocycles. The van der Waals surface area contributed by atoms with Crippen LogP contribution in [-0.2, 0) is 11.2 Å². The number of ketones is 1. The minimum atomic E-state index is -1.14. The number of methoxy groups -OCH3 is 1. The zero-order chi connectivity index (χ0) is 17.1. The lowest BCUT2D eigenvalue weighted by atomic mass is 9.99. The molecule has 5 nitrogen and oxygen atoms in total. The number of hydrogen-bond acceptors (Lipinski definition) is 5. The number of para-hydroxylation sites is 2. The van der Waals surface area contributed by atoms with E-state index in [0.717, 1.165) is 0 Å². The lowest BCUT2D eigenvalue weighted by Gasteiger charge is -2.06. The predicted octanol–water partition coefficient (Wildman–Crippen LogP) is 3.39. The summed E-state index contributed by atoms with van der Waals surface area (Å²) in [7, 11) is 1.36. The third-order valence-electron chi connectivity index (χ3n) is 3.60. The van der Waals surface area contributed by atoms with Gasteiger partial charge in [0.25, 0.3) is 0 Å². The Hall–Kier alpha value is -3.20. The van der Waals surface area contributed by atoms with Gasteiger partial charge in [0.1, 0.15) is 5.52 Å². The number of nitriles is 1. The fourth-order valence-corrected chi connectivity index (χ4v) is 2.40. The van der Waals surface area contributed by atoms with Crippen molar-refractivity contribution in [3.8, 4) is 11.8 Å². The smallest absolute Gasteiger partial charge is 0.220 e. The Balaban J connectivity index is 1.84. The van der Waals surface area contributed by atoms with Crippen molar-refractivity contribution < 1.29 is 18.3 Å². The molecule has 0 radical (unpaired) electrons. The van der Waals surface area contributed by atoms with E-state index in [-0.39, 0.29) is 18.1 Å². The molecule has 1 atom stereocenters. The fourth-order valence-electron chi connectivity index (χ4n) is 2.40. The van der Waals surface area contributed by atoms with Crippen LogP contribution in [-0.4, -0.2) is 17.9 Å². The van der Waals surface area contributed by atoms with Crippen LogP contribution < -0.4 is 4.74 Å². The number of rotatable bonds is 5. The van der Waals surface area contributed by atoms with Crippen molar-refractivity contribution in [3.05, 3.63) is 59.7 Å². The van der Waals surface area contributed by atoms with Crippen molar-refractivity contribution >= 4 is 16.9 Å². The highest BCUT2D eigenvalue weighted by atomic mass is 19.1. The molecule has 0 N–H and O–H groups in total. The van der Waals surface area contributed by atoms with Crippen LogP contribution in [0, 0.1) is 17.1 Å². The highest BCUT2D eigenvalue weighted by Gasteiger charge is 2.26. The van der Waals surface area contributed by atoms with Gasteiger partial charge in [-0.15, -0.1) is 0 Å². The van der Waals surface area contributed by atoms with Crippen molar-refractivity contribution in [3.63, 3.8) is 0 Å². The molecule has 0 fully saturated rings. The van der Waals surface area contributed by atoms with E-state index in [1.54, 1.807) is 30.3 Å². The van der Waals surface area contributed by atoms with E-state index in [4.69, 9.17) is 9.15 Å². The molecule has 3 aromatic rings. The summed E-state index contributed by atoms with van der Waals surface area (Å²) in [6.45, 7) is 0. The molecule has 24 heavy (non-hydrogen) atoms. The van der Waals surface area contributed by atoms with Gasteiger partial charge in [-0.1, -0.05) is 18.2 Å². The molecule has 6 heteroatoms. The second-order valence-corrected chi connectivity index (χ2v) is 5.19. The molecule has 1 aromatic heterocycles. The Morgan fingerprint density at radius 2 is 2.17 bits per heavy atom. The Bertz CT molecular complexity index is 910. The third-order valence-corrected chi connectivity index (χ3v) is 3.60. The summed E-state index contributed by atoms with van der Waals surface area (Å²) in [5.41, 5.74) is 1.54. The van der Waals surface area contributed by atoms with Gasteiger partial charge in [0.15, 0.2) is 28.9 Å². The fraction of sp³-hybridized carbons (Fsp3) is 0.167. The average Bonchev–Trinajstić information content (AvgIpc) is 2.99. The van der Waals surface area contributed by atoms with Crippen LogP contribution >= 0.6 is 0 Å². The van der Waals surface area contributed by atoms with Gasteiger partial charge < -0.3 is 9.15 Å². The largest absolute Gasteiger partial charge is 0.494 e. The van der Waals surface area contributed by atoms with Gasteiger partial charge >= 0.3 is 0 Å². The van der Waals surface area contributed by atoms with Crippen molar-refractivity contribution in [1.29, 1.82) is 5.26 Å². The van der Waals surface area contributed by atoms with E-state index in [1.165, 1.54) is 19.2 Å². The molecule has 0 saturated carbocycles. The van der Waals surface area contributed by atoms with E-state index in [0.29, 0.717) is 16.7 Å². The number of hydrogen-bond donors (Lipinski definition) is 0. The van der Waals surface area contributed by atoms with Gasteiger partial charge in [0.05, 0.1) is 13.2 Å². The topological polar surface area (TPSA) is 76.1 Å². The number of ether oxygens (including phenoxy) is 1. The molecule has 120 valence electrons. The summed E-state index contributed by atoms with van der Waals surface area (Å²) >= 11 is 0. The minimum Gasteiger partial charge on any atom is -0.494 e. The number of carbonyl (C=O) groups excluding carboxylic acids is 1. The third kappa shape index (κ3) is 2.97. The number of fused-ring (bicyclic) bond motifs is 1. The molecule has 0 spiro atoms. The second kappa shape index (κ2) is 6.50. The molecule has 0 amide bonds. The van der Waals surface area contributed by atoms with Crippen LogP contribution in [0.3, 0.4) is 0 Å². The molecule has 1 heterocycles. The van der Waals surface area contributed by atoms with E-state index in [1.807, 2.05) is 6.07 Å². The number of nitrogens with zero attached hydrogens (tertiary/aromatic N) is 2. The zero-order valence-corrected chi connectivity index (χ0v) is 12.8. The standard InChI is InChI=1S/C18H13FN2O3/c1-23-16-7-6-11(8-13(16)19)9-15(22)12(10-20)18-21-14-4-2-3-5-17(14)24-18/h2-8,12H,9H2,1H3. The van der Waals surface area contributed by atoms with Gasteiger partial charge in [-0.3, -0.25) is 4.79 Å². The highest BCUT2D eigenvalue weighted by molar-refractivity contribution is 5.89. The maximum absolute atomic E-state index is 13.7. The molecule has 0 aliphatic rings. The second-order valence-electron chi connectivity index (χ2n) is 5.19. The van der Waals surface area contributed by atoms with Crippen molar-refractivity contribution in [2.24, 2.45) is 0 Å². The van der Waals surface area contributed by atoms with Gasteiger partial charge in [-0.05, 0) is 29.8 Å². The summed E-state index contributed by atoms with van der Waals surface area (Å²) in [5.74, 6) is -1.95. The summed E-state index contributed by atoms with van der Waals surface area (Å²) in [6.07, 6.45) is -0.0993. The Morgan fingerprint density at radius 3 is 2.83 bits per heavy atom. The average molecular weight is 324 g/mol. The number of oxazole rings is 1. The Kier molecular flexibility index (Phi) is 4.25. The molecular weight excluding hydrogens is 311 g/mol. The minimum absolute atomic E-state index is 0.0534. The summed E-state index contributed by atoms with van der Waals surface area (Å²) in [5, 5.41) is 9.32. The van der Waals surface area contributed by atoms with Crippen LogP contribution in [0.25, 0.3) is 11.1 Å². The van der Waals surface area contributed by atoms with Crippen LogP contribution in [0.1, 0.15) is 17.4 Å². The van der Waals surface area contributed by atoms with Crippen LogP contribution in [0.5, 0.6) is 5.75 Å². The molecule has 0 aliphatic heterocycles. The Morgan fingerprint density at radius 1 is 1.38 bits per heavy atom. The van der Waals surface area contributed by atoms with Gasteiger partial charge in [0, 0.05) is 6.42 Å². The number of halogens is 1. The monoisotopic (exact) mass is 324 g/mol. The van der Waals surface area contributed by atoms with Gasteiger partial charge in [0.2, 0.25) is 5.89 Å². The quantitative estimate of drug-likeness (QED) is 0.719. The maximum atomic E-state index is 13.7. The molecular formula is C18H13FN2O3. The first-order valence-corrected chi connectivity index (χ1v) is 7.22. The summed E-state index contributed by atoms with van der Waals surface area (Å²) in [4.78, 5) is 16.6.